The van der Waals surface area contributed by atoms with Crippen LogP contribution in [-0.2, 0) is 0 Å². The van der Waals surface area contributed by atoms with Gasteiger partial charge in [-0.05, 0) is 51.1 Å². The van der Waals surface area contributed by atoms with Crippen molar-refractivity contribution in [2.24, 2.45) is 10.7 Å². The minimum atomic E-state index is 0.217. The molecule has 0 amide bonds. The lowest BCUT2D eigenvalue weighted by molar-refractivity contribution is 0.301. The number of methoxy groups -OCH3 is 1. The van der Waals surface area contributed by atoms with Gasteiger partial charge in [0.15, 0.2) is 5.96 Å². The van der Waals surface area contributed by atoms with Gasteiger partial charge in [0.25, 0.3) is 0 Å². The summed E-state index contributed by atoms with van der Waals surface area (Å²) in [6.45, 7) is 2.73. The van der Waals surface area contributed by atoms with E-state index in [2.05, 4.69) is 41.0 Å². The molecule has 5 heteroatoms. The summed E-state index contributed by atoms with van der Waals surface area (Å²) >= 11 is 0. The van der Waals surface area contributed by atoms with Crippen LogP contribution in [0.3, 0.4) is 0 Å². The topological polar surface area (TPSA) is 54.1 Å². The SMILES string of the molecule is COc1ccc(C(CN=C(N)N2CCCCC2)N(C)C)cc1. The number of ether oxygens (including phenoxy) is 1. The highest BCUT2D eigenvalue weighted by atomic mass is 16.5. The van der Waals surface area contributed by atoms with Gasteiger partial charge in [0, 0.05) is 13.1 Å². The largest absolute Gasteiger partial charge is 0.497 e. The molecule has 2 N–H and O–H groups in total. The van der Waals surface area contributed by atoms with E-state index in [1.165, 1.54) is 24.8 Å². The summed E-state index contributed by atoms with van der Waals surface area (Å²) in [4.78, 5) is 9.01. The molecule has 1 fully saturated rings. The third kappa shape index (κ3) is 4.37. The molecule has 1 aromatic carbocycles. The molecule has 1 heterocycles. The van der Waals surface area contributed by atoms with Crippen LogP contribution in [0.2, 0.25) is 0 Å². The highest BCUT2D eigenvalue weighted by Crippen LogP contribution is 2.21. The average Bonchev–Trinajstić information content (AvgIpc) is 2.56. The number of piperidine rings is 1. The van der Waals surface area contributed by atoms with Crippen LogP contribution >= 0.6 is 0 Å². The van der Waals surface area contributed by atoms with Gasteiger partial charge in [-0.25, -0.2) is 0 Å². The first-order valence-electron chi connectivity index (χ1n) is 7.97. The summed E-state index contributed by atoms with van der Waals surface area (Å²) in [5.74, 6) is 1.55. The normalized spacial score (nSPS) is 17.6. The van der Waals surface area contributed by atoms with Crippen molar-refractivity contribution in [3.63, 3.8) is 0 Å². The van der Waals surface area contributed by atoms with Gasteiger partial charge < -0.3 is 20.3 Å². The van der Waals surface area contributed by atoms with Crippen molar-refractivity contribution in [2.75, 3.05) is 40.8 Å². The molecule has 1 atom stereocenters. The predicted octanol–water partition coefficient (Wildman–Crippen LogP) is 2.10. The molecule has 22 heavy (non-hydrogen) atoms. The zero-order valence-electron chi connectivity index (χ0n) is 14.0. The Bertz CT molecular complexity index is 478. The number of aliphatic imine (C=N–C) groups is 1. The Morgan fingerprint density at radius 2 is 1.86 bits per heavy atom. The van der Waals surface area contributed by atoms with Crippen LogP contribution in [0.4, 0.5) is 0 Å². The molecule has 0 spiro atoms. The number of guanidine groups is 1. The van der Waals surface area contributed by atoms with Crippen molar-refractivity contribution in [3.05, 3.63) is 29.8 Å². The Hall–Kier alpha value is -1.75. The number of likely N-dealkylation sites (tertiary alicyclic amines) is 1. The first-order chi connectivity index (χ1) is 10.6. The lowest BCUT2D eigenvalue weighted by Crippen LogP contribution is -2.41. The molecule has 0 saturated carbocycles. The second-order valence-electron chi connectivity index (χ2n) is 6.00. The van der Waals surface area contributed by atoms with Crippen LogP contribution in [0.1, 0.15) is 30.9 Å². The number of nitrogens with zero attached hydrogens (tertiary/aromatic N) is 3. The van der Waals surface area contributed by atoms with E-state index in [1.54, 1.807) is 7.11 Å². The highest BCUT2D eigenvalue weighted by Gasteiger charge is 2.16. The van der Waals surface area contributed by atoms with Gasteiger partial charge in [0.2, 0.25) is 0 Å². The van der Waals surface area contributed by atoms with E-state index in [-0.39, 0.29) is 6.04 Å². The van der Waals surface area contributed by atoms with Gasteiger partial charge in [0.1, 0.15) is 5.75 Å². The van der Waals surface area contributed by atoms with Crippen LogP contribution in [0.15, 0.2) is 29.3 Å². The number of hydrogen-bond acceptors (Lipinski definition) is 3. The van der Waals surface area contributed by atoms with E-state index >= 15 is 0 Å². The average molecular weight is 304 g/mol. The molecule has 0 aliphatic carbocycles. The molecular weight excluding hydrogens is 276 g/mol. The fourth-order valence-electron chi connectivity index (χ4n) is 2.80. The molecule has 0 bridgehead atoms. The quantitative estimate of drug-likeness (QED) is 0.668. The number of nitrogens with two attached hydrogens (primary N) is 1. The summed E-state index contributed by atoms with van der Waals surface area (Å²) in [5, 5.41) is 0. The second kappa shape index (κ2) is 8.03. The van der Waals surface area contributed by atoms with Crippen LogP contribution < -0.4 is 10.5 Å². The molecule has 2 rings (SSSR count). The fraction of sp³-hybridized carbons (Fsp3) is 0.588. The summed E-state index contributed by atoms with van der Waals surface area (Å²) in [6, 6.07) is 8.38. The van der Waals surface area contributed by atoms with E-state index in [1.807, 2.05) is 12.1 Å². The molecule has 122 valence electrons. The number of benzene rings is 1. The zero-order valence-corrected chi connectivity index (χ0v) is 14.0. The van der Waals surface area contributed by atoms with E-state index < -0.39 is 0 Å². The zero-order chi connectivity index (χ0) is 15.9. The minimum Gasteiger partial charge on any atom is -0.497 e. The maximum Gasteiger partial charge on any atom is 0.191 e. The third-order valence-corrected chi connectivity index (χ3v) is 4.23. The minimum absolute atomic E-state index is 0.217. The van der Waals surface area contributed by atoms with Crippen molar-refractivity contribution >= 4 is 5.96 Å². The Balaban J connectivity index is 2.04. The Morgan fingerprint density at radius 3 is 2.41 bits per heavy atom. The fourth-order valence-corrected chi connectivity index (χ4v) is 2.80. The summed E-state index contributed by atoms with van der Waals surface area (Å²) in [6.07, 6.45) is 3.73. The molecule has 0 aromatic heterocycles. The van der Waals surface area contributed by atoms with Crippen molar-refractivity contribution in [3.8, 4) is 5.75 Å². The lowest BCUT2D eigenvalue weighted by atomic mass is 10.1. The van der Waals surface area contributed by atoms with Gasteiger partial charge in [-0.3, -0.25) is 4.99 Å². The Labute approximate surface area is 133 Å². The van der Waals surface area contributed by atoms with Crippen molar-refractivity contribution in [1.29, 1.82) is 0 Å². The van der Waals surface area contributed by atoms with Gasteiger partial charge in [-0.1, -0.05) is 12.1 Å². The van der Waals surface area contributed by atoms with E-state index in [0.29, 0.717) is 12.5 Å². The Morgan fingerprint density at radius 1 is 1.23 bits per heavy atom. The number of hydrogen-bond donors (Lipinski definition) is 1. The van der Waals surface area contributed by atoms with Crippen LogP contribution in [0.5, 0.6) is 5.75 Å². The highest BCUT2D eigenvalue weighted by molar-refractivity contribution is 5.78. The van der Waals surface area contributed by atoms with E-state index in [4.69, 9.17) is 10.5 Å². The van der Waals surface area contributed by atoms with Crippen molar-refractivity contribution in [2.45, 2.75) is 25.3 Å². The maximum atomic E-state index is 6.16. The lowest BCUT2D eigenvalue weighted by Gasteiger charge is -2.28. The van der Waals surface area contributed by atoms with E-state index in [0.717, 1.165) is 18.8 Å². The first-order valence-corrected chi connectivity index (χ1v) is 7.97. The monoisotopic (exact) mass is 304 g/mol. The van der Waals surface area contributed by atoms with Gasteiger partial charge in [-0.15, -0.1) is 0 Å². The van der Waals surface area contributed by atoms with Crippen LogP contribution in [0.25, 0.3) is 0 Å². The van der Waals surface area contributed by atoms with Crippen molar-refractivity contribution in [1.82, 2.24) is 9.80 Å². The van der Waals surface area contributed by atoms with Gasteiger partial charge in [0.05, 0.1) is 19.7 Å². The standard InChI is InChI=1S/C17H28N4O/c1-20(2)16(14-7-9-15(22-3)10-8-14)13-19-17(18)21-11-5-4-6-12-21/h7-10,16H,4-6,11-13H2,1-3H3,(H2,18,19). The van der Waals surface area contributed by atoms with Crippen LogP contribution in [0, 0.1) is 0 Å². The molecular formula is C17H28N4O. The molecule has 0 radical (unpaired) electrons. The molecule has 1 aromatic rings. The van der Waals surface area contributed by atoms with E-state index in [9.17, 15) is 0 Å². The molecule has 1 unspecified atom stereocenters. The second-order valence-corrected chi connectivity index (χ2v) is 6.00. The summed E-state index contributed by atoms with van der Waals surface area (Å²) < 4.78 is 5.22. The molecule has 1 saturated heterocycles. The van der Waals surface area contributed by atoms with Crippen molar-refractivity contribution < 1.29 is 4.74 Å². The maximum absolute atomic E-state index is 6.16. The summed E-state index contributed by atoms with van der Waals surface area (Å²) in [7, 11) is 5.82. The predicted molar refractivity (Wildman–Crippen MR) is 91.3 cm³/mol. The first kappa shape index (κ1) is 16.6. The Kier molecular flexibility index (Phi) is 6.07. The van der Waals surface area contributed by atoms with Crippen LogP contribution in [-0.4, -0.2) is 56.6 Å². The number of rotatable bonds is 5. The van der Waals surface area contributed by atoms with Gasteiger partial charge >= 0.3 is 0 Å². The number of likely N-dealkylation sites (N-methyl/N-ethyl adjacent to an activating group) is 1. The molecule has 1 aliphatic rings. The molecule has 5 nitrogen and oxygen atoms in total. The van der Waals surface area contributed by atoms with Gasteiger partial charge in [-0.2, -0.15) is 0 Å². The molecule has 1 aliphatic heterocycles. The summed E-state index contributed by atoms with van der Waals surface area (Å²) in [5.41, 5.74) is 7.38. The smallest absolute Gasteiger partial charge is 0.191 e. The third-order valence-electron chi connectivity index (χ3n) is 4.23.